The summed E-state index contributed by atoms with van der Waals surface area (Å²) in [4.78, 5) is 29.8. The van der Waals surface area contributed by atoms with Gasteiger partial charge in [-0.3, -0.25) is 9.59 Å². The summed E-state index contributed by atoms with van der Waals surface area (Å²) in [5, 5.41) is 4.30. The van der Waals surface area contributed by atoms with Gasteiger partial charge in [-0.25, -0.2) is 9.67 Å². The Morgan fingerprint density at radius 3 is 2.66 bits per heavy atom. The van der Waals surface area contributed by atoms with Gasteiger partial charge in [0.15, 0.2) is 0 Å². The molecule has 0 aliphatic rings. The second-order valence-electron chi connectivity index (χ2n) is 7.65. The van der Waals surface area contributed by atoms with Crippen LogP contribution in [0.5, 0.6) is 0 Å². The third kappa shape index (κ3) is 4.94. The molecule has 0 amide bonds. The molecule has 0 bridgehead atoms. The van der Waals surface area contributed by atoms with E-state index in [4.69, 9.17) is 4.74 Å². The zero-order valence-corrected chi connectivity index (χ0v) is 18.1. The lowest BCUT2D eigenvalue weighted by Crippen LogP contribution is -2.26. The molecular formula is C25H26N4O3. The molecule has 7 heteroatoms. The van der Waals surface area contributed by atoms with Crippen LogP contribution >= 0.6 is 0 Å². The van der Waals surface area contributed by atoms with Crippen LogP contribution in [0, 0.1) is 0 Å². The molecule has 4 aromatic rings. The number of ether oxygens (including phenoxy) is 1. The molecule has 32 heavy (non-hydrogen) atoms. The van der Waals surface area contributed by atoms with Crippen LogP contribution in [-0.4, -0.2) is 25.3 Å². The summed E-state index contributed by atoms with van der Waals surface area (Å²) in [6.45, 7) is 2.87. The van der Waals surface area contributed by atoms with Crippen molar-refractivity contribution in [3.63, 3.8) is 0 Å². The molecule has 0 radical (unpaired) electrons. The molecule has 164 valence electrons. The molecule has 2 aromatic carbocycles. The fraction of sp³-hybridized carbons (Fsp3) is 0.280. The van der Waals surface area contributed by atoms with E-state index in [2.05, 4.69) is 17.0 Å². The molecule has 0 atom stereocenters. The van der Waals surface area contributed by atoms with E-state index >= 15 is 0 Å². The molecule has 4 rings (SSSR count). The van der Waals surface area contributed by atoms with Gasteiger partial charge in [-0.2, -0.15) is 5.10 Å². The van der Waals surface area contributed by atoms with Crippen LogP contribution in [0.1, 0.15) is 37.4 Å². The zero-order valence-electron chi connectivity index (χ0n) is 18.1. The van der Waals surface area contributed by atoms with Crippen LogP contribution in [0.3, 0.4) is 0 Å². The average Bonchev–Trinajstić information content (AvgIpc) is 3.31. The van der Waals surface area contributed by atoms with E-state index in [9.17, 15) is 9.59 Å². The number of carbonyl (C=O) groups is 1. The van der Waals surface area contributed by atoms with Gasteiger partial charge in [0.05, 0.1) is 29.3 Å². The van der Waals surface area contributed by atoms with Crippen molar-refractivity contribution in [2.75, 3.05) is 0 Å². The number of hydrogen-bond acceptors (Lipinski definition) is 5. The van der Waals surface area contributed by atoms with Crippen molar-refractivity contribution in [3.05, 3.63) is 88.6 Å². The molecule has 0 aliphatic heterocycles. The maximum Gasteiger partial charge on any atom is 0.306 e. The van der Waals surface area contributed by atoms with Crippen LogP contribution < -0.4 is 5.56 Å². The Labute approximate surface area is 186 Å². The Morgan fingerprint density at radius 2 is 1.84 bits per heavy atom. The summed E-state index contributed by atoms with van der Waals surface area (Å²) < 4.78 is 8.90. The fourth-order valence-electron chi connectivity index (χ4n) is 3.56. The minimum Gasteiger partial charge on any atom is -0.461 e. The van der Waals surface area contributed by atoms with Crippen molar-refractivity contribution in [2.45, 2.75) is 45.8 Å². The molecule has 0 spiro atoms. The summed E-state index contributed by atoms with van der Waals surface area (Å²) in [6, 6.07) is 17.3. The Hall–Kier alpha value is -3.74. The molecule has 0 aliphatic carbocycles. The van der Waals surface area contributed by atoms with E-state index in [1.54, 1.807) is 15.4 Å². The first kappa shape index (κ1) is 21.5. The predicted octanol–water partition coefficient (Wildman–Crippen LogP) is 4.06. The first-order valence-electron chi connectivity index (χ1n) is 10.9. The second kappa shape index (κ2) is 10.0. The van der Waals surface area contributed by atoms with Crippen molar-refractivity contribution < 1.29 is 9.53 Å². The fourth-order valence-corrected chi connectivity index (χ4v) is 3.56. The lowest BCUT2D eigenvalue weighted by atomic mass is 10.2. The minimum absolute atomic E-state index is 0.0984. The normalized spacial score (nSPS) is 11.0. The smallest absolute Gasteiger partial charge is 0.306 e. The Balaban J connectivity index is 1.39. The van der Waals surface area contributed by atoms with E-state index in [1.165, 1.54) is 0 Å². The van der Waals surface area contributed by atoms with Gasteiger partial charge in [-0.05, 0) is 30.7 Å². The number of carbonyl (C=O) groups excluding carboxylic acids is 1. The van der Waals surface area contributed by atoms with E-state index in [0.29, 0.717) is 12.2 Å². The highest BCUT2D eigenvalue weighted by atomic mass is 16.5. The average molecular weight is 431 g/mol. The van der Waals surface area contributed by atoms with Gasteiger partial charge in [0.2, 0.25) is 0 Å². The SMILES string of the molecule is CCCCn1c(=O)c(CCC(=O)OCc2cnn(-c3ccccc3)c2)nc2ccccc21. The number of rotatable bonds is 9. The van der Waals surface area contributed by atoms with Crippen LogP contribution in [0.4, 0.5) is 0 Å². The van der Waals surface area contributed by atoms with Crippen molar-refractivity contribution in [2.24, 2.45) is 0 Å². The van der Waals surface area contributed by atoms with Gasteiger partial charge < -0.3 is 9.30 Å². The number of unbranched alkanes of at least 4 members (excludes halogenated alkanes) is 1. The molecule has 0 fully saturated rings. The molecule has 0 unspecified atom stereocenters. The molecule has 0 saturated carbocycles. The van der Waals surface area contributed by atoms with Crippen molar-refractivity contribution in [3.8, 4) is 5.69 Å². The number of para-hydroxylation sites is 3. The van der Waals surface area contributed by atoms with Gasteiger partial charge in [0, 0.05) is 24.7 Å². The van der Waals surface area contributed by atoms with Gasteiger partial charge in [-0.1, -0.05) is 43.7 Å². The van der Waals surface area contributed by atoms with E-state index < -0.39 is 0 Å². The largest absolute Gasteiger partial charge is 0.461 e. The maximum absolute atomic E-state index is 13.0. The molecule has 7 nitrogen and oxygen atoms in total. The monoisotopic (exact) mass is 430 g/mol. The lowest BCUT2D eigenvalue weighted by molar-refractivity contribution is -0.144. The topological polar surface area (TPSA) is 79.0 Å². The summed E-state index contributed by atoms with van der Waals surface area (Å²) in [5.74, 6) is -0.369. The lowest BCUT2D eigenvalue weighted by Gasteiger charge is -2.11. The number of benzene rings is 2. The van der Waals surface area contributed by atoms with Crippen LogP contribution in [0.25, 0.3) is 16.7 Å². The summed E-state index contributed by atoms with van der Waals surface area (Å²) in [7, 11) is 0. The summed E-state index contributed by atoms with van der Waals surface area (Å²) >= 11 is 0. The van der Waals surface area contributed by atoms with Crippen LogP contribution in [0.2, 0.25) is 0 Å². The van der Waals surface area contributed by atoms with Crippen molar-refractivity contribution in [1.29, 1.82) is 0 Å². The highest BCUT2D eigenvalue weighted by molar-refractivity contribution is 5.75. The standard InChI is InChI=1S/C25H26N4O3/c1-2-3-15-28-23-12-8-7-11-21(23)27-22(25(28)31)13-14-24(30)32-18-19-16-26-29(17-19)20-9-5-4-6-10-20/h4-12,16-17H,2-3,13-15,18H2,1H3. The van der Waals surface area contributed by atoms with Crippen LogP contribution in [0.15, 0.2) is 71.8 Å². The molecule has 2 heterocycles. The number of esters is 1. The second-order valence-corrected chi connectivity index (χ2v) is 7.65. The van der Waals surface area contributed by atoms with E-state index in [-0.39, 0.29) is 31.0 Å². The number of aryl methyl sites for hydroxylation is 2. The van der Waals surface area contributed by atoms with Gasteiger partial charge in [0.1, 0.15) is 12.3 Å². The molecular weight excluding hydrogens is 404 g/mol. The van der Waals surface area contributed by atoms with Gasteiger partial charge in [0.25, 0.3) is 5.56 Å². The highest BCUT2D eigenvalue weighted by Crippen LogP contribution is 2.13. The Morgan fingerprint density at radius 1 is 1.06 bits per heavy atom. The number of nitrogens with zero attached hydrogens (tertiary/aromatic N) is 4. The Kier molecular flexibility index (Phi) is 6.75. The molecule has 0 N–H and O–H groups in total. The number of hydrogen-bond donors (Lipinski definition) is 0. The number of aromatic nitrogens is 4. The minimum atomic E-state index is -0.369. The molecule has 2 aromatic heterocycles. The zero-order chi connectivity index (χ0) is 22.3. The third-order valence-corrected chi connectivity index (χ3v) is 5.28. The summed E-state index contributed by atoms with van der Waals surface area (Å²) in [6.07, 6.45) is 5.76. The van der Waals surface area contributed by atoms with Gasteiger partial charge in [-0.15, -0.1) is 0 Å². The van der Waals surface area contributed by atoms with E-state index in [0.717, 1.165) is 35.1 Å². The number of fused-ring (bicyclic) bond motifs is 1. The van der Waals surface area contributed by atoms with Crippen LogP contribution in [-0.2, 0) is 29.1 Å². The first-order valence-corrected chi connectivity index (χ1v) is 10.9. The van der Waals surface area contributed by atoms with Gasteiger partial charge >= 0.3 is 5.97 Å². The van der Waals surface area contributed by atoms with E-state index in [1.807, 2.05) is 60.8 Å². The maximum atomic E-state index is 13.0. The van der Waals surface area contributed by atoms with Crippen molar-refractivity contribution in [1.82, 2.24) is 19.3 Å². The predicted molar refractivity (Wildman–Crippen MR) is 123 cm³/mol. The highest BCUT2D eigenvalue weighted by Gasteiger charge is 2.13. The van der Waals surface area contributed by atoms with Crippen molar-refractivity contribution >= 4 is 17.0 Å². The third-order valence-electron chi connectivity index (χ3n) is 5.28. The first-order chi connectivity index (χ1) is 15.7. The summed E-state index contributed by atoms with van der Waals surface area (Å²) in [5.41, 5.74) is 3.59. The Bertz CT molecular complexity index is 1260. The quantitative estimate of drug-likeness (QED) is 0.374. The molecule has 0 saturated heterocycles.